The van der Waals surface area contributed by atoms with Crippen LogP contribution >= 0.6 is 0 Å². The predicted octanol–water partition coefficient (Wildman–Crippen LogP) is -0.0734. The number of ether oxygens (including phenoxy) is 2. The van der Waals surface area contributed by atoms with Crippen molar-refractivity contribution in [3.05, 3.63) is 0 Å². The molecular weight excluding hydrogens is 198 g/mol. The molecule has 1 amide bonds. The average molecular weight is 219 g/mol. The van der Waals surface area contributed by atoms with Crippen LogP contribution in [-0.4, -0.2) is 50.6 Å². The number of aliphatic hydroxyl groups excluding tert-OH is 1. The van der Waals surface area contributed by atoms with Crippen LogP contribution in [0, 0.1) is 0 Å². The average Bonchev–Trinajstić information content (AvgIpc) is 2.22. The molecular formula is C10H21NO4. The molecule has 0 saturated carbocycles. The van der Waals surface area contributed by atoms with E-state index in [9.17, 15) is 9.90 Å². The van der Waals surface area contributed by atoms with E-state index in [1.54, 1.807) is 0 Å². The summed E-state index contributed by atoms with van der Waals surface area (Å²) in [5.41, 5.74) is 0. The summed E-state index contributed by atoms with van der Waals surface area (Å²) in [6.07, 6.45) is 0.643. The highest BCUT2D eigenvalue weighted by Crippen LogP contribution is 1.87. The first-order chi connectivity index (χ1) is 7.20. The summed E-state index contributed by atoms with van der Waals surface area (Å²) in [6, 6.07) is 0. The lowest BCUT2D eigenvalue weighted by molar-refractivity contribution is -0.122. The molecule has 0 saturated heterocycles. The van der Waals surface area contributed by atoms with Gasteiger partial charge in [0, 0.05) is 26.7 Å². The molecule has 0 aromatic carbocycles. The van der Waals surface area contributed by atoms with Crippen molar-refractivity contribution in [2.45, 2.75) is 25.9 Å². The first-order valence-electron chi connectivity index (χ1n) is 5.22. The van der Waals surface area contributed by atoms with Gasteiger partial charge in [0.05, 0.1) is 19.3 Å². The molecule has 5 heteroatoms. The van der Waals surface area contributed by atoms with Gasteiger partial charge in [-0.1, -0.05) is 6.92 Å². The molecule has 0 spiro atoms. The third-order valence-electron chi connectivity index (χ3n) is 1.72. The van der Waals surface area contributed by atoms with Gasteiger partial charge in [-0.25, -0.2) is 0 Å². The van der Waals surface area contributed by atoms with Gasteiger partial charge in [0.25, 0.3) is 0 Å². The number of hydrogen-bond acceptors (Lipinski definition) is 4. The summed E-state index contributed by atoms with van der Waals surface area (Å²) in [4.78, 5) is 11.2. The molecule has 90 valence electrons. The van der Waals surface area contributed by atoms with Gasteiger partial charge in [-0.3, -0.25) is 4.79 Å². The van der Waals surface area contributed by atoms with E-state index in [-0.39, 0.29) is 19.1 Å². The fraction of sp³-hybridized carbons (Fsp3) is 0.900. The van der Waals surface area contributed by atoms with E-state index in [0.29, 0.717) is 19.6 Å². The molecule has 15 heavy (non-hydrogen) atoms. The zero-order valence-corrected chi connectivity index (χ0v) is 9.49. The van der Waals surface area contributed by atoms with Crippen molar-refractivity contribution in [3.8, 4) is 0 Å². The van der Waals surface area contributed by atoms with Gasteiger partial charge in [-0.15, -0.1) is 0 Å². The number of nitrogens with one attached hydrogen (secondary N) is 1. The van der Waals surface area contributed by atoms with E-state index in [1.165, 1.54) is 7.11 Å². The number of aliphatic hydroxyl groups is 1. The summed E-state index contributed by atoms with van der Waals surface area (Å²) in [6.45, 7) is 3.58. The topological polar surface area (TPSA) is 67.8 Å². The van der Waals surface area contributed by atoms with Crippen LogP contribution in [0.3, 0.4) is 0 Å². The molecule has 1 unspecified atom stereocenters. The third kappa shape index (κ3) is 9.65. The maximum absolute atomic E-state index is 11.2. The second-order valence-corrected chi connectivity index (χ2v) is 3.28. The minimum absolute atomic E-state index is 0.110. The third-order valence-corrected chi connectivity index (χ3v) is 1.72. The zero-order valence-electron chi connectivity index (χ0n) is 9.49. The van der Waals surface area contributed by atoms with Crippen molar-refractivity contribution < 1.29 is 19.4 Å². The fourth-order valence-electron chi connectivity index (χ4n) is 0.983. The van der Waals surface area contributed by atoms with Gasteiger partial charge in [-0.2, -0.15) is 0 Å². The molecule has 0 bridgehead atoms. The maximum Gasteiger partial charge on any atom is 0.222 e. The minimum Gasteiger partial charge on any atom is -0.389 e. The van der Waals surface area contributed by atoms with Crippen molar-refractivity contribution in [2.75, 3.05) is 33.5 Å². The van der Waals surface area contributed by atoms with Crippen LogP contribution in [0.1, 0.15) is 19.8 Å². The van der Waals surface area contributed by atoms with Gasteiger partial charge in [0.15, 0.2) is 0 Å². The molecule has 0 radical (unpaired) electrons. The van der Waals surface area contributed by atoms with Crippen LogP contribution in [0.15, 0.2) is 0 Å². The van der Waals surface area contributed by atoms with Crippen molar-refractivity contribution >= 4 is 5.91 Å². The number of rotatable bonds is 9. The van der Waals surface area contributed by atoms with Crippen LogP contribution in [0.25, 0.3) is 0 Å². The Morgan fingerprint density at radius 2 is 2.20 bits per heavy atom. The number of amides is 1. The van der Waals surface area contributed by atoms with Gasteiger partial charge < -0.3 is 19.9 Å². The van der Waals surface area contributed by atoms with Crippen molar-refractivity contribution in [2.24, 2.45) is 0 Å². The summed E-state index contributed by atoms with van der Waals surface area (Å²) >= 11 is 0. The lowest BCUT2D eigenvalue weighted by Crippen LogP contribution is -2.34. The predicted molar refractivity (Wildman–Crippen MR) is 56.6 cm³/mol. The molecule has 0 aliphatic rings. The van der Waals surface area contributed by atoms with Crippen LogP contribution in [0.4, 0.5) is 0 Å². The van der Waals surface area contributed by atoms with Gasteiger partial charge in [-0.05, 0) is 6.42 Å². The Balaban J connectivity index is 3.32. The van der Waals surface area contributed by atoms with E-state index in [2.05, 4.69) is 5.32 Å². The Kier molecular flexibility index (Phi) is 9.46. The van der Waals surface area contributed by atoms with E-state index >= 15 is 0 Å². The van der Waals surface area contributed by atoms with Crippen molar-refractivity contribution in [1.82, 2.24) is 5.32 Å². The molecule has 5 nitrogen and oxygen atoms in total. The zero-order chi connectivity index (χ0) is 11.5. The highest BCUT2D eigenvalue weighted by Gasteiger charge is 2.06. The first kappa shape index (κ1) is 14.3. The molecule has 0 aromatic rings. The van der Waals surface area contributed by atoms with Crippen LogP contribution in [0.5, 0.6) is 0 Å². The van der Waals surface area contributed by atoms with Crippen molar-refractivity contribution in [3.63, 3.8) is 0 Å². The minimum atomic E-state index is -0.643. The Morgan fingerprint density at radius 3 is 2.80 bits per heavy atom. The molecule has 0 aliphatic carbocycles. The molecule has 0 aromatic heterocycles. The summed E-state index contributed by atoms with van der Waals surface area (Å²) in [7, 11) is 1.50. The summed E-state index contributed by atoms with van der Waals surface area (Å²) in [5, 5.41) is 11.8. The van der Waals surface area contributed by atoms with Crippen LogP contribution in [0.2, 0.25) is 0 Å². The lowest BCUT2D eigenvalue weighted by Gasteiger charge is -2.10. The summed E-state index contributed by atoms with van der Waals surface area (Å²) in [5.74, 6) is -0.110. The van der Waals surface area contributed by atoms with Gasteiger partial charge in [0.2, 0.25) is 5.91 Å². The van der Waals surface area contributed by atoms with Crippen LogP contribution < -0.4 is 5.32 Å². The Hall–Kier alpha value is -0.650. The lowest BCUT2D eigenvalue weighted by atomic mass is 10.3. The number of methoxy groups -OCH3 is 1. The standard InChI is InChI=1S/C10H21NO4/c1-3-5-15-6-4-10(13)11-7-9(12)8-14-2/h9,12H,3-8H2,1-2H3,(H,11,13). The molecule has 0 fully saturated rings. The normalized spacial score (nSPS) is 12.5. The van der Waals surface area contributed by atoms with E-state index < -0.39 is 6.10 Å². The number of carbonyl (C=O) groups is 1. The smallest absolute Gasteiger partial charge is 0.222 e. The molecule has 2 N–H and O–H groups in total. The van der Waals surface area contributed by atoms with Crippen LogP contribution in [-0.2, 0) is 14.3 Å². The summed E-state index contributed by atoms with van der Waals surface area (Å²) < 4.78 is 9.88. The fourth-order valence-corrected chi connectivity index (χ4v) is 0.983. The molecule has 0 rings (SSSR count). The monoisotopic (exact) mass is 219 g/mol. The van der Waals surface area contributed by atoms with E-state index in [1.807, 2.05) is 6.92 Å². The second-order valence-electron chi connectivity index (χ2n) is 3.28. The van der Waals surface area contributed by atoms with Gasteiger partial charge in [0.1, 0.15) is 0 Å². The Morgan fingerprint density at radius 1 is 1.47 bits per heavy atom. The highest BCUT2D eigenvalue weighted by molar-refractivity contribution is 5.75. The second kappa shape index (κ2) is 9.89. The number of hydrogen-bond donors (Lipinski definition) is 2. The largest absolute Gasteiger partial charge is 0.389 e. The number of carbonyl (C=O) groups excluding carboxylic acids is 1. The maximum atomic E-state index is 11.2. The first-order valence-corrected chi connectivity index (χ1v) is 5.22. The van der Waals surface area contributed by atoms with E-state index in [4.69, 9.17) is 9.47 Å². The highest BCUT2D eigenvalue weighted by atomic mass is 16.5. The van der Waals surface area contributed by atoms with E-state index in [0.717, 1.165) is 6.42 Å². The van der Waals surface area contributed by atoms with Gasteiger partial charge >= 0.3 is 0 Å². The molecule has 1 atom stereocenters. The SMILES string of the molecule is CCCOCCC(=O)NCC(O)COC. The quantitative estimate of drug-likeness (QED) is 0.533. The van der Waals surface area contributed by atoms with Crippen molar-refractivity contribution in [1.29, 1.82) is 0 Å². The molecule has 0 aliphatic heterocycles. The Labute approximate surface area is 90.8 Å². The molecule has 0 heterocycles. The Bertz CT molecular complexity index is 164.